The zero-order valence-electron chi connectivity index (χ0n) is 6.19. The van der Waals surface area contributed by atoms with E-state index in [4.69, 9.17) is 10.3 Å². The van der Waals surface area contributed by atoms with Crippen molar-refractivity contribution in [2.45, 2.75) is 12.5 Å². The van der Waals surface area contributed by atoms with Crippen LogP contribution < -0.4 is 5.48 Å². The molecule has 0 bridgehead atoms. The van der Waals surface area contributed by atoms with E-state index in [1.807, 2.05) is 0 Å². The van der Waals surface area contributed by atoms with Crippen molar-refractivity contribution in [1.29, 1.82) is 0 Å². The van der Waals surface area contributed by atoms with Gasteiger partial charge in [0.05, 0.1) is 12.0 Å². The van der Waals surface area contributed by atoms with Crippen LogP contribution in [0.2, 0.25) is 0 Å². The Morgan fingerprint density at radius 1 is 1.83 bits per heavy atom. The van der Waals surface area contributed by atoms with Crippen molar-refractivity contribution in [3.05, 3.63) is 18.2 Å². The van der Waals surface area contributed by atoms with Crippen molar-refractivity contribution in [1.82, 2.24) is 15.4 Å². The minimum absolute atomic E-state index is 0.148. The van der Waals surface area contributed by atoms with Gasteiger partial charge in [-0.2, -0.15) is 5.48 Å². The van der Waals surface area contributed by atoms with Gasteiger partial charge in [0.15, 0.2) is 0 Å². The number of hydroxylamine groups is 1. The molecule has 6 heteroatoms. The molecule has 0 saturated carbocycles. The van der Waals surface area contributed by atoms with Gasteiger partial charge in [-0.25, -0.2) is 4.98 Å². The van der Waals surface area contributed by atoms with Crippen molar-refractivity contribution in [3.63, 3.8) is 0 Å². The number of aliphatic carboxylic acids is 1. The number of carboxylic acid groups (broad SMARTS) is 1. The number of aromatic amines is 1. The Labute approximate surface area is 68.2 Å². The Kier molecular flexibility index (Phi) is 2.78. The Morgan fingerprint density at radius 2 is 2.58 bits per heavy atom. The number of imidazole rings is 1. The number of hydrogen-bond donors (Lipinski definition) is 4. The van der Waals surface area contributed by atoms with Crippen LogP contribution in [0.4, 0.5) is 0 Å². The van der Waals surface area contributed by atoms with E-state index < -0.39 is 12.0 Å². The molecule has 4 N–H and O–H groups in total. The average Bonchev–Trinajstić information content (AvgIpc) is 2.51. The highest BCUT2D eigenvalue weighted by Gasteiger charge is 2.16. The normalized spacial score (nSPS) is 12.8. The molecule has 1 rings (SSSR count). The molecule has 0 radical (unpaired) electrons. The maximum absolute atomic E-state index is 10.4. The van der Waals surface area contributed by atoms with Gasteiger partial charge in [0.2, 0.25) is 0 Å². The highest BCUT2D eigenvalue weighted by Crippen LogP contribution is 1.97. The van der Waals surface area contributed by atoms with Crippen molar-refractivity contribution >= 4 is 5.97 Å². The fourth-order valence-corrected chi connectivity index (χ4v) is 0.800. The number of H-pyrrole nitrogens is 1. The summed E-state index contributed by atoms with van der Waals surface area (Å²) in [6.07, 6.45) is 3.17. The number of nitrogens with one attached hydrogen (secondary N) is 2. The van der Waals surface area contributed by atoms with Crippen LogP contribution in [0.3, 0.4) is 0 Å². The van der Waals surface area contributed by atoms with E-state index in [1.54, 1.807) is 11.7 Å². The minimum atomic E-state index is -1.11. The van der Waals surface area contributed by atoms with Gasteiger partial charge in [-0.05, 0) is 0 Å². The molecule has 0 aliphatic rings. The Morgan fingerprint density at radius 3 is 3.00 bits per heavy atom. The highest BCUT2D eigenvalue weighted by molar-refractivity contribution is 5.73. The molecule has 0 spiro atoms. The number of rotatable bonds is 4. The molecule has 1 heterocycles. The van der Waals surface area contributed by atoms with Gasteiger partial charge < -0.3 is 15.3 Å². The van der Waals surface area contributed by atoms with Crippen LogP contribution in [0.1, 0.15) is 5.69 Å². The first-order chi connectivity index (χ1) is 5.74. The van der Waals surface area contributed by atoms with Crippen molar-refractivity contribution < 1.29 is 15.1 Å². The molecular formula is C6H9N3O3. The van der Waals surface area contributed by atoms with Gasteiger partial charge in [0, 0.05) is 12.6 Å². The van der Waals surface area contributed by atoms with Crippen molar-refractivity contribution in [2.24, 2.45) is 0 Å². The second-order valence-corrected chi connectivity index (χ2v) is 2.28. The standard InChI is InChI=1S/C6H9N3O3/c10-6(11)5(9-12)1-4-2-7-3-8-4/h2-3,5,9,12H,1H2,(H,7,8)(H,10,11). The zero-order chi connectivity index (χ0) is 8.97. The first kappa shape index (κ1) is 8.69. The first-order valence-corrected chi connectivity index (χ1v) is 3.34. The smallest absolute Gasteiger partial charge is 0.323 e. The number of hydrogen-bond acceptors (Lipinski definition) is 4. The van der Waals surface area contributed by atoms with Crippen LogP contribution in [-0.4, -0.2) is 32.3 Å². The number of nitrogens with zero attached hydrogens (tertiary/aromatic N) is 1. The number of carboxylic acids is 1. The summed E-state index contributed by atoms with van der Waals surface area (Å²) in [6, 6.07) is -1.01. The molecule has 0 aromatic carbocycles. The fourth-order valence-electron chi connectivity index (χ4n) is 0.800. The monoisotopic (exact) mass is 171 g/mol. The van der Waals surface area contributed by atoms with Crippen molar-refractivity contribution in [3.8, 4) is 0 Å². The van der Waals surface area contributed by atoms with E-state index in [9.17, 15) is 4.79 Å². The summed E-state index contributed by atoms with van der Waals surface area (Å²) in [6.45, 7) is 0. The summed E-state index contributed by atoms with van der Waals surface area (Å²) >= 11 is 0. The summed E-state index contributed by atoms with van der Waals surface area (Å²) in [5.41, 5.74) is 2.27. The molecule has 1 atom stereocenters. The van der Waals surface area contributed by atoms with Gasteiger partial charge >= 0.3 is 5.97 Å². The maximum Gasteiger partial charge on any atom is 0.323 e. The molecule has 0 fully saturated rings. The van der Waals surface area contributed by atoms with E-state index in [1.165, 1.54) is 6.33 Å². The molecule has 0 saturated heterocycles. The third kappa shape index (κ3) is 2.04. The lowest BCUT2D eigenvalue weighted by atomic mass is 10.2. The lowest BCUT2D eigenvalue weighted by Gasteiger charge is -2.06. The third-order valence-corrected chi connectivity index (χ3v) is 1.42. The highest BCUT2D eigenvalue weighted by atomic mass is 16.5. The van der Waals surface area contributed by atoms with Crippen LogP contribution >= 0.6 is 0 Å². The Balaban J connectivity index is 2.54. The molecule has 12 heavy (non-hydrogen) atoms. The molecule has 6 nitrogen and oxygen atoms in total. The van der Waals surface area contributed by atoms with E-state index >= 15 is 0 Å². The molecule has 0 aliphatic carbocycles. The fraction of sp³-hybridized carbons (Fsp3) is 0.333. The second-order valence-electron chi connectivity index (χ2n) is 2.28. The van der Waals surface area contributed by atoms with Gasteiger partial charge in [-0.15, -0.1) is 0 Å². The van der Waals surface area contributed by atoms with Crippen LogP contribution in [0, 0.1) is 0 Å². The van der Waals surface area contributed by atoms with E-state index in [0.717, 1.165) is 0 Å². The Hall–Kier alpha value is -1.40. The topological polar surface area (TPSA) is 98.2 Å². The minimum Gasteiger partial charge on any atom is -0.480 e. The lowest BCUT2D eigenvalue weighted by Crippen LogP contribution is -2.36. The van der Waals surface area contributed by atoms with Gasteiger partial charge in [0.1, 0.15) is 6.04 Å². The largest absolute Gasteiger partial charge is 0.480 e. The summed E-state index contributed by atoms with van der Waals surface area (Å²) < 4.78 is 0. The number of carbonyl (C=O) groups is 1. The van der Waals surface area contributed by atoms with Gasteiger partial charge in [-0.3, -0.25) is 4.79 Å². The molecule has 1 aromatic rings. The van der Waals surface area contributed by atoms with Gasteiger partial charge in [-0.1, -0.05) is 0 Å². The van der Waals surface area contributed by atoms with Crippen molar-refractivity contribution in [2.75, 3.05) is 0 Å². The second kappa shape index (κ2) is 3.84. The summed E-state index contributed by atoms with van der Waals surface area (Å²) in [4.78, 5) is 16.9. The van der Waals surface area contributed by atoms with Crippen LogP contribution in [-0.2, 0) is 11.2 Å². The van der Waals surface area contributed by atoms with E-state index in [2.05, 4.69) is 9.97 Å². The molecule has 0 aliphatic heterocycles. The molecule has 0 amide bonds. The molecular weight excluding hydrogens is 162 g/mol. The third-order valence-electron chi connectivity index (χ3n) is 1.42. The Bertz CT molecular complexity index is 247. The van der Waals surface area contributed by atoms with Crippen LogP contribution in [0.25, 0.3) is 0 Å². The van der Waals surface area contributed by atoms with Gasteiger partial charge in [0.25, 0.3) is 0 Å². The lowest BCUT2D eigenvalue weighted by molar-refractivity contribution is -0.142. The SMILES string of the molecule is O=C(O)C(Cc1c[nH]cn1)NO. The summed E-state index contributed by atoms with van der Waals surface area (Å²) in [5, 5.41) is 16.9. The average molecular weight is 171 g/mol. The predicted octanol–water partition coefficient (Wildman–Crippen LogP) is -0.616. The van der Waals surface area contributed by atoms with E-state index in [0.29, 0.717) is 5.69 Å². The quantitative estimate of drug-likeness (QED) is 0.453. The predicted molar refractivity (Wildman–Crippen MR) is 38.6 cm³/mol. The first-order valence-electron chi connectivity index (χ1n) is 3.34. The summed E-state index contributed by atoms with van der Waals surface area (Å²) in [5.74, 6) is -1.11. The summed E-state index contributed by atoms with van der Waals surface area (Å²) in [7, 11) is 0. The zero-order valence-corrected chi connectivity index (χ0v) is 6.19. The van der Waals surface area contributed by atoms with E-state index in [-0.39, 0.29) is 6.42 Å². The molecule has 1 aromatic heterocycles. The molecule has 1 unspecified atom stereocenters. The number of aromatic nitrogens is 2. The van der Waals surface area contributed by atoms with Crippen LogP contribution in [0.15, 0.2) is 12.5 Å². The van der Waals surface area contributed by atoms with Crippen LogP contribution in [0.5, 0.6) is 0 Å². The molecule has 66 valence electrons. The maximum atomic E-state index is 10.4.